The average Bonchev–Trinajstić information content (AvgIpc) is 2.89. The minimum atomic E-state index is 0.474. The molecule has 2 atom stereocenters. The summed E-state index contributed by atoms with van der Waals surface area (Å²) in [5.41, 5.74) is 1.37. The number of rotatable bonds is 1. The van der Waals surface area contributed by atoms with Crippen molar-refractivity contribution in [1.82, 2.24) is 0 Å². The minimum Gasteiger partial charge on any atom is -0.334 e. The predicted molar refractivity (Wildman–Crippen MR) is 80.8 cm³/mol. The Morgan fingerprint density at radius 2 is 2.32 bits per heavy atom. The molecule has 1 heterocycles. The summed E-state index contributed by atoms with van der Waals surface area (Å²) in [7, 11) is 0. The number of aliphatic imine (C=N–C) groups is 1. The van der Waals surface area contributed by atoms with Crippen molar-refractivity contribution in [3.05, 3.63) is 28.8 Å². The van der Waals surface area contributed by atoms with E-state index >= 15 is 0 Å². The lowest BCUT2D eigenvalue weighted by Gasteiger charge is -2.23. The van der Waals surface area contributed by atoms with E-state index in [-0.39, 0.29) is 0 Å². The van der Waals surface area contributed by atoms with Gasteiger partial charge in [-0.25, -0.2) is 0 Å². The molecule has 0 radical (unpaired) electrons. The molecule has 0 spiro atoms. The maximum Gasteiger partial charge on any atom is 0.161 e. The van der Waals surface area contributed by atoms with Crippen LogP contribution in [-0.2, 0) is 0 Å². The van der Waals surface area contributed by atoms with E-state index in [0.29, 0.717) is 16.6 Å². The normalized spacial score (nSPS) is 25.4. The van der Waals surface area contributed by atoms with Gasteiger partial charge in [0.1, 0.15) is 0 Å². The zero-order valence-electron chi connectivity index (χ0n) is 10.4. The van der Waals surface area contributed by atoms with Crippen molar-refractivity contribution in [3.63, 3.8) is 0 Å². The highest BCUT2D eigenvalue weighted by Gasteiger charge is 2.31. The molecular formula is C14H14ClN3S. The number of halogens is 1. The fraction of sp³-hybridized carbons (Fsp3) is 0.429. The highest BCUT2D eigenvalue weighted by atomic mass is 35.5. The van der Waals surface area contributed by atoms with Gasteiger partial charge >= 0.3 is 0 Å². The summed E-state index contributed by atoms with van der Waals surface area (Å²) >= 11 is 7.90. The fourth-order valence-corrected chi connectivity index (χ4v) is 3.95. The van der Waals surface area contributed by atoms with Crippen LogP contribution >= 0.6 is 23.4 Å². The molecule has 1 fully saturated rings. The van der Waals surface area contributed by atoms with Gasteiger partial charge in [-0.3, -0.25) is 4.99 Å². The number of anilines is 1. The van der Waals surface area contributed by atoms with Crippen LogP contribution in [0.15, 0.2) is 23.2 Å². The smallest absolute Gasteiger partial charge is 0.161 e. The quantitative estimate of drug-likeness (QED) is 0.854. The molecule has 0 amide bonds. The molecule has 1 N–H and O–H groups in total. The second-order valence-electron chi connectivity index (χ2n) is 4.94. The Morgan fingerprint density at radius 3 is 3.16 bits per heavy atom. The standard InChI is InChI=1S/C14H14ClN3S/c15-11-5-4-9(7-16)6-13(11)18-14-17-12-3-1-2-10(12)8-19-14/h4-6,10,12H,1-3,8H2,(H,17,18). The van der Waals surface area contributed by atoms with Crippen molar-refractivity contribution in [1.29, 1.82) is 5.26 Å². The van der Waals surface area contributed by atoms with Crippen LogP contribution in [0.5, 0.6) is 0 Å². The van der Waals surface area contributed by atoms with Crippen LogP contribution in [0, 0.1) is 17.2 Å². The molecule has 2 unspecified atom stereocenters. The van der Waals surface area contributed by atoms with Gasteiger partial charge in [0.05, 0.1) is 28.4 Å². The first-order valence-electron chi connectivity index (χ1n) is 6.43. The van der Waals surface area contributed by atoms with Gasteiger partial charge in [0, 0.05) is 5.75 Å². The summed E-state index contributed by atoms with van der Waals surface area (Å²) in [4.78, 5) is 4.76. The zero-order valence-corrected chi connectivity index (χ0v) is 12.0. The Labute approximate surface area is 122 Å². The molecule has 1 aromatic carbocycles. The number of thioether (sulfide) groups is 1. The first-order chi connectivity index (χ1) is 9.26. The molecule has 2 aliphatic rings. The molecule has 3 nitrogen and oxygen atoms in total. The molecule has 5 heteroatoms. The van der Waals surface area contributed by atoms with Gasteiger partial charge < -0.3 is 5.32 Å². The Kier molecular flexibility index (Phi) is 3.67. The van der Waals surface area contributed by atoms with E-state index in [0.717, 1.165) is 22.5 Å². The fourth-order valence-electron chi connectivity index (χ4n) is 2.63. The minimum absolute atomic E-state index is 0.474. The summed E-state index contributed by atoms with van der Waals surface area (Å²) in [6.07, 6.45) is 3.79. The number of fused-ring (bicyclic) bond motifs is 1. The molecule has 0 saturated heterocycles. The number of hydrogen-bond donors (Lipinski definition) is 1. The van der Waals surface area contributed by atoms with Crippen molar-refractivity contribution < 1.29 is 0 Å². The Morgan fingerprint density at radius 1 is 1.42 bits per heavy atom. The zero-order chi connectivity index (χ0) is 13.2. The number of nitriles is 1. The maximum absolute atomic E-state index is 8.93. The maximum atomic E-state index is 8.93. The van der Waals surface area contributed by atoms with Gasteiger partial charge in [-0.1, -0.05) is 29.8 Å². The Balaban J connectivity index is 1.80. The van der Waals surface area contributed by atoms with Crippen molar-refractivity contribution in [2.24, 2.45) is 10.9 Å². The van der Waals surface area contributed by atoms with E-state index in [2.05, 4.69) is 11.4 Å². The number of benzene rings is 1. The van der Waals surface area contributed by atoms with E-state index < -0.39 is 0 Å². The third kappa shape index (κ3) is 2.72. The van der Waals surface area contributed by atoms with Gasteiger partial charge in [0.2, 0.25) is 0 Å². The number of nitrogens with zero attached hydrogens (tertiary/aromatic N) is 2. The second kappa shape index (κ2) is 5.44. The Hall–Kier alpha value is -1.18. The van der Waals surface area contributed by atoms with Crippen LogP contribution in [0.25, 0.3) is 0 Å². The summed E-state index contributed by atoms with van der Waals surface area (Å²) in [5.74, 6) is 1.88. The topological polar surface area (TPSA) is 48.2 Å². The van der Waals surface area contributed by atoms with Gasteiger partial charge in [-0.2, -0.15) is 5.26 Å². The van der Waals surface area contributed by atoms with Crippen molar-refractivity contribution >= 4 is 34.2 Å². The Bertz CT molecular complexity index is 564. The number of amidine groups is 1. The molecule has 98 valence electrons. The summed E-state index contributed by atoms with van der Waals surface area (Å²) in [6, 6.07) is 7.83. The highest BCUT2D eigenvalue weighted by Crippen LogP contribution is 2.36. The van der Waals surface area contributed by atoms with Crippen LogP contribution in [0.3, 0.4) is 0 Å². The largest absolute Gasteiger partial charge is 0.334 e. The molecule has 1 saturated carbocycles. The molecular weight excluding hydrogens is 278 g/mol. The van der Waals surface area contributed by atoms with Crippen LogP contribution in [-0.4, -0.2) is 17.0 Å². The summed E-state index contributed by atoms with van der Waals surface area (Å²) in [5, 5.41) is 13.7. The number of hydrogen-bond acceptors (Lipinski definition) is 4. The van der Waals surface area contributed by atoms with Gasteiger partial charge in [-0.15, -0.1) is 0 Å². The van der Waals surface area contributed by atoms with Gasteiger partial charge in [0.25, 0.3) is 0 Å². The van der Waals surface area contributed by atoms with E-state index in [4.69, 9.17) is 21.9 Å². The highest BCUT2D eigenvalue weighted by molar-refractivity contribution is 8.14. The van der Waals surface area contributed by atoms with E-state index in [1.54, 1.807) is 30.0 Å². The average molecular weight is 292 g/mol. The van der Waals surface area contributed by atoms with Crippen LogP contribution in [0.1, 0.15) is 24.8 Å². The predicted octanol–water partition coefficient (Wildman–Crippen LogP) is 3.90. The first-order valence-corrected chi connectivity index (χ1v) is 7.80. The number of nitrogens with one attached hydrogen (secondary N) is 1. The van der Waals surface area contributed by atoms with Gasteiger partial charge in [0.15, 0.2) is 5.17 Å². The monoisotopic (exact) mass is 291 g/mol. The summed E-state index contributed by atoms with van der Waals surface area (Å²) < 4.78 is 0. The first kappa shape index (κ1) is 12.8. The van der Waals surface area contributed by atoms with Crippen LogP contribution in [0.4, 0.5) is 5.69 Å². The summed E-state index contributed by atoms with van der Waals surface area (Å²) in [6.45, 7) is 0. The molecule has 3 rings (SSSR count). The van der Waals surface area contributed by atoms with E-state index in [1.807, 2.05) is 0 Å². The van der Waals surface area contributed by atoms with Crippen molar-refractivity contribution in [2.75, 3.05) is 11.1 Å². The molecule has 0 bridgehead atoms. The lowest BCUT2D eigenvalue weighted by atomic mass is 10.1. The molecule has 0 aromatic heterocycles. The van der Waals surface area contributed by atoms with Crippen LogP contribution in [0.2, 0.25) is 5.02 Å². The second-order valence-corrected chi connectivity index (χ2v) is 6.35. The molecule has 1 aliphatic carbocycles. The SMILES string of the molecule is N#Cc1ccc(Cl)c(NC2=NC3CCCC3CS2)c1. The van der Waals surface area contributed by atoms with E-state index in [9.17, 15) is 0 Å². The lowest BCUT2D eigenvalue weighted by molar-refractivity contribution is 0.535. The molecule has 1 aromatic rings. The molecule has 19 heavy (non-hydrogen) atoms. The molecule has 1 aliphatic heterocycles. The third-order valence-electron chi connectivity index (χ3n) is 3.67. The van der Waals surface area contributed by atoms with Crippen molar-refractivity contribution in [2.45, 2.75) is 25.3 Å². The third-order valence-corrected chi connectivity index (χ3v) is 5.08. The lowest BCUT2D eigenvalue weighted by Crippen LogP contribution is -2.25. The van der Waals surface area contributed by atoms with Gasteiger partial charge in [-0.05, 0) is 37.0 Å². The van der Waals surface area contributed by atoms with Crippen LogP contribution < -0.4 is 5.32 Å². The van der Waals surface area contributed by atoms with Crippen molar-refractivity contribution in [3.8, 4) is 6.07 Å². The van der Waals surface area contributed by atoms with E-state index in [1.165, 1.54) is 19.3 Å².